The van der Waals surface area contributed by atoms with Crippen molar-refractivity contribution in [1.29, 1.82) is 0 Å². The maximum atomic E-state index is 2.45. The molecule has 0 heterocycles. The van der Waals surface area contributed by atoms with Gasteiger partial charge in [-0.15, -0.1) is 0 Å². The average Bonchev–Trinajstić information content (AvgIpc) is 3.40. The van der Waals surface area contributed by atoms with Gasteiger partial charge in [0.2, 0.25) is 0 Å². The monoisotopic (exact) mass is 843 g/mol. The van der Waals surface area contributed by atoms with E-state index in [0.29, 0.717) is 0 Å². The first-order chi connectivity index (χ1) is 32.7. The summed E-state index contributed by atoms with van der Waals surface area (Å²) in [5.41, 5.74) is 16.1. The van der Waals surface area contributed by atoms with Gasteiger partial charge in [-0.3, -0.25) is 0 Å². The molecule has 0 unspecified atom stereocenters. The molecule has 12 aromatic rings. The molecule has 12 aromatic carbocycles. The Hall–Kier alpha value is -8.72. The van der Waals surface area contributed by atoms with Gasteiger partial charge in [-0.05, 0) is 127 Å². The van der Waals surface area contributed by atoms with Gasteiger partial charge in [-0.2, -0.15) is 0 Å². The maximum Gasteiger partial charge on any atom is 0.0540 e. The lowest BCUT2D eigenvalue weighted by Crippen LogP contribution is -2.12. The average molecular weight is 844 g/mol. The molecule has 0 saturated heterocycles. The highest BCUT2D eigenvalue weighted by Crippen LogP contribution is 2.48. The molecule has 312 valence electrons. The van der Waals surface area contributed by atoms with E-state index in [1.54, 1.807) is 0 Å². The molecule has 0 aromatic heterocycles. The Kier molecular flexibility index (Phi) is 9.89. The minimum absolute atomic E-state index is 0. The van der Waals surface area contributed by atoms with E-state index in [9.17, 15) is 0 Å². The van der Waals surface area contributed by atoms with Crippen molar-refractivity contribution in [2.24, 2.45) is 0 Å². The summed E-state index contributed by atoms with van der Waals surface area (Å²) in [5, 5.41) is 7.32. The molecule has 2 heteroatoms. The highest BCUT2D eigenvalue weighted by molar-refractivity contribution is 6.28. The van der Waals surface area contributed by atoms with E-state index in [2.05, 4.69) is 277 Å². The van der Waals surface area contributed by atoms with Crippen molar-refractivity contribution in [3.63, 3.8) is 0 Å². The fourth-order valence-corrected chi connectivity index (χ4v) is 9.84. The summed E-state index contributed by atoms with van der Waals surface area (Å²) >= 11 is 0. The van der Waals surface area contributed by atoms with E-state index < -0.39 is 0 Å². The minimum atomic E-state index is 0. The molecule has 2 nitrogen and oxygen atoms in total. The summed E-state index contributed by atoms with van der Waals surface area (Å²) in [6.07, 6.45) is 0. The molecule has 0 amide bonds. The van der Waals surface area contributed by atoms with Gasteiger partial charge in [0.05, 0.1) is 11.4 Å². The fourth-order valence-electron chi connectivity index (χ4n) is 9.84. The van der Waals surface area contributed by atoms with Crippen molar-refractivity contribution in [2.75, 3.05) is 9.80 Å². The lowest BCUT2D eigenvalue weighted by molar-refractivity contribution is 1.30. The van der Waals surface area contributed by atoms with Crippen LogP contribution in [0, 0.1) is 0 Å². The predicted octanol–water partition coefficient (Wildman–Crippen LogP) is 18.4. The Morgan fingerprint density at radius 3 is 0.758 bits per heavy atom. The van der Waals surface area contributed by atoms with Gasteiger partial charge in [0.25, 0.3) is 0 Å². The van der Waals surface area contributed by atoms with Gasteiger partial charge in [0.15, 0.2) is 0 Å². The minimum Gasteiger partial charge on any atom is -0.310 e. The topological polar surface area (TPSA) is 6.48 Å². The number of hydrogen-bond donors (Lipinski definition) is 0. The molecule has 0 aliphatic heterocycles. The molecule has 12 rings (SSSR count). The van der Waals surface area contributed by atoms with E-state index in [4.69, 9.17) is 0 Å². The van der Waals surface area contributed by atoms with Crippen molar-refractivity contribution in [1.82, 2.24) is 0 Å². The van der Waals surface area contributed by atoms with Crippen molar-refractivity contribution >= 4 is 66.4 Å². The Labute approximate surface area is 387 Å². The quantitative estimate of drug-likeness (QED) is 0.127. The summed E-state index contributed by atoms with van der Waals surface area (Å²) in [6, 6.07) is 97.0. The molecule has 0 N–H and O–H groups in total. The zero-order chi connectivity index (χ0) is 43.8. The zero-order valence-electron chi connectivity index (χ0n) is 36.3. The van der Waals surface area contributed by atoms with Crippen LogP contribution >= 0.6 is 0 Å². The Morgan fingerprint density at radius 2 is 0.470 bits per heavy atom. The summed E-state index contributed by atoms with van der Waals surface area (Å²) in [7, 11) is 0. The first kappa shape index (κ1) is 38.9. The van der Waals surface area contributed by atoms with E-state index in [0.717, 1.165) is 34.1 Å². The van der Waals surface area contributed by atoms with E-state index in [-0.39, 0.29) is 1.43 Å². The molecular formula is C64H46N2. The number of benzene rings is 12. The first-order valence-electron chi connectivity index (χ1n) is 22.7. The van der Waals surface area contributed by atoms with Crippen LogP contribution in [0.2, 0.25) is 0 Å². The summed E-state index contributed by atoms with van der Waals surface area (Å²) < 4.78 is 0. The van der Waals surface area contributed by atoms with E-state index in [1.807, 2.05) is 0 Å². The molecule has 0 aliphatic carbocycles. The largest absolute Gasteiger partial charge is 0.310 e. The van der Waals surface area contributed by atoms with Crippen LogP contribution in [0.5, 0.6) is 0 Å². The van der Waals surface area contributed by atoms with Crippen LogP contribution in [-0.4, -0.2) is 0 Å². The number of hydrogen-bond acceptors (Lipinski definition) is 2. The molecule has 0 atom stereocenters. The third-order valence-corrected chi connectivity index (χ3v) is 12.9. The molecular weight excluding hydrogens is 797 g/mol. The molecule has 0 spiro atoms. The molecule has 0 bridgehead atoms. The van der Waals surface area contributed by atoms with Gasteiger partial charge in [-0.25, -0.2) is 0 Å². The van der Waals surface area contributed by atoms with Crippen molar-refractivity contribution < 1.29 is 1.43 Å². The third-order valence-electron chi connectivity index (χ3n) is 12.9. The van der Waals surface area contributed by atoms with Gasteiger partial charge in [-0.1, -0.05) is 206 Å². The molecule has 0 fully saturated rings. The van der Waals surface area contributed by atoms with Crippen LogP contribution in [0.25, 0.3) is 76.8 Å². The standard InChI is InChI=1S/C64H44N2.H2/c1-5-17-45(18-6-1)51-25-13-29-55(41-51)65(56-30-14-26-52(42-56)46-19-7-2-8-20-46)61-39-35-49-34-38-60-62(40-36-50-33-37-59(61)63(49)64(50)60)66(57-31-15-27-53(43-57)47-21-9-3-10-22-47)58-32-16-28-54(44-58)48-23-11-4-12-24-48;/h1-44H;1H/i;1+1. The van der Waals surface area contributed by atoms with E-state index >= 15 is 0 Å². The Balaban J connectivity index is 0.00000494. The van der Waals surface area contributed by atoms with Crippen molar-refractivity contribution in [3.8, 4) is 44.5 Å². The highest BCUT2D eigenvalue weighted by atomic mass is 15.1. The lowest BCUT2D eigenvalue weighted by Gasteiger charge is -2.30. The van der Waals surface area contributed by atoms with Crippen LogP contribution in [0.4, 0.5) is 34.1 Å². The number of rotatable bonds is 10. The molecule has 0 saturated carbocycles. The predicted molar refractivity (Wildman–Crippen MR) is 283 cm³/mol. The summed E-state index contributed by atoms with van der Waals surface area (Å²) in [4.78, 5) is 4.89. The molecule has 66 heavy (non-hydrogen) atoms. The first-order valence-corrected chi connectivity index (χ1v) is 22.7. The Morgan fingerprint density at radius 1 is 0.212 bits per heavy atom. The maximum absolute atomic E-state index is 2.45. The molecule has 0 aliphatic rings. The summed E-state index contributed by atoms with van der Waals surface area (Å²) in [6.45, 7) is 0. The SMILES string of the molecule is [2HH].c1ccc(-c2cccc(N(c3cccc(-c4ccccc4)c3)c3ccc4ccc5c(N(c6cccc(-c7ccccc7)c6)c6cccc(-c7ccccc7)c6)ccc6ccc3c4c65)c2)cc1. The second kappa shape index (κ2) is 16.8. The van der Waals surface area contributed by atoms with Crippen LogP contribution in [-0.2, 0) is 0 Å². The van der Waals surface area contributed by atoms with Crippen LogP contribution in [0.3, 0.4) is 0 Å². The van der Waals surface area contributed by atoms with Gasteiger partial charge >= 0.3 is 0 Å². The number of nitrogens with zero attached hydrogens (tertiary/aromatic N) is 2. The van der Waals surface area contributed by atoms with Crippen LogP contribution in [0.1, 0.15) is 1.43 Å². The fraction of sp³-hybridized carbons (Fsp3) is 0. The van der Waals surface area contributed by atoms with Crippen LogP contribution in [0.15, 0.2) is 267 Å². The van der Waals surface area contributed by atoms with E-state index in [1.165, 1.54) is 76.8 Å². The normalized spacial score (nSPS) is 11.3. The lowest BCUT2D eigenvalue weighted by atomic mass is 9.91. The van der Waals surface area contributed by atoms with Gasteiger partial charge in [0.1, 0.15) is 0 Å². The van der Waals surface area contributed by atoms with Crippen molar-refractivity contribution in [2.45, 2.75) is 0 Å². The number of anilines is 6. The van der Waals surface area contributed by atoms with Gasteiger partial charge in [0, 0.05) is 34.9 Å². The third kappa shape index (κ3) is 7.12. The second-order valence-corrected chi connectivity index (χ2v) is 16.9. The second-order valence-electron chi connectivity index (χ2n) is 16.9. The zero-order valence-corrected chi connectivity index (χ0v) is 36.3. The highest BCUT2D eigenvalue weighted by Gasteiger charge is 2.23. The van der Waals surface area contributed by atoms with Gasteiger partial charge < -0.3 is 9.80 Å². The van der Waals surface area contributed by atoms with Crippen LogP contribution < -0.4 is 9.80 Å². The molecule has 0 radical (unpaired) electrons. The Bertz CT molecular complexity index is 3240. The summed E-state index contributed by atoms with van der Waals surface area (Å²) in [5.74, 6) is 0. The van der Waals surface area contributed by atoms with Crippen molar-refractivity contribution in [3.05, 3.63) is 267 Å². The smallest absolute Gasteiger partial charge is 0.0540 e.